The number of piperazine rings is 1. The van der Waals surface area contributed by atoms with Crippen molar-refractivity contribution in [2.75, 3.05) is 38.5 Å². The van der Waals surface area contributed by atoms with E-state index >= 15 is 0 Å². The average molecular weight is 366 g/mol. The summed E-state index contributed by atoms with van der Waals surface area (Å²) in [5.41, 5.74) is 1.03. The molecule has 1 fully saturated rings. The fourth-order valence-corrected chi connectivity index (χ4v) is 2.90. The molecule has 0 bridgehead atoms. The van der Waals surface area contributed by atoms with Crippen molar-refractivity contribution < 1.29 is 4.79 Å². The van der Waals surface area contributed by atoms with Gasteiger partial charge in [-0.15, -0.1) is 0 Å². The van der Waals surface area contributed by atoms with Crippen LogP contribution in [0.25, 0.3) is 0 Å². The van der Waals surface area contributed by atoms with Crippen LogP contribution < -0.4 is 5.32 Å². The van der Waals surface area contributed by atoms with Gasteiger partial charge in [0, 0.05) is 37.3 Å². The molecule has 3 rings (SSSR count). The lowest BCUT2D eigenvalue weighted by atomic mass is 10.2. The van der Waals surface area contributed by atoms with Crippen molar-refractivity contribution in [3.05, 3.63) is 46.3 Å². The molecule has 6 nitrogen and oxygen atoms in total. The molecular weight excluding hydrogens is 349 g/mol. The first kappa shape index (κ1) is 17.0. The van der Waals surface area contributed by atoms with Gasteiger partial charge in [-0.3, -0.25) is 4.79 Å². The molecule has 1 amide bonds. The normalized spacial score (nSPS) is 15.4. The van der Waals surface area contributed by atoms with Crippen molar-refractivity contribution in [3.63, 3.8) is 0 Å². The van der Waals surface area contributed by atoms with E-state index in [0.717, 1.165) is 13.1 Å². The number of aromatic nitrogens is 2. The molecule has 1 aliphatic heterocycles. The largest absolute Gasteiger partial charge is 0.339 e. The Bertz CT molecular complexity index is 747. The molecule has 126 valence electrons. The predicted octanol–water partition coefficient (Wildman–Crippen LogP) is 2.91. The maximum atomic E-state index is 12.6. The third kappa shape index (κ3) is 3.95. The van der Waals surface area contributed by atoms with Gasteiger partial charge in [0.15, 0.2) is 0 Å². The summed E-state index contributed by atoms with van der Waals surface area (Å²) < 4.78 is 0. The van der Waals surface area contributed by atoms with Crippen molar-refractivity contribution in [3.8, 4) is 0 Å². The standard InChI is InChI=1S/C16H17Cl2N5O/c1-22-4-6-23(7-5-22)16(24)14-9-15(20-10-19-14)21-13-3-2-11(17)8-12(13)18/h2-3,8-10H,4-7H2,1H3,(H,19,20,21). The predicted molar refractivity (Wildman–Crippen MR) is 95.2 cm³/mol. The molecule has 24 heavy (non-hydrogen) atoms. The number of halogens is 2. The smallest absolute Gasteiger partial charge is 0.272 e. The molecule has 1 N–H and O–H groups in total. The van der Waals surface area contributed by atoms with E-state index in [1.54, 1.807) is 29.2 Å². The van der Waals surface area contributed by atoms with Crippen molar-refractivity contribution in [1.29, 1.82) is 0 Å². The quantitative estimate of drug-likeness (QED) is 0.905. The van der Waals surface area contributed by atoms with Crippen molar-refractivity contribution in [2.45, 2.75) is 0 Å². The van der Waals surface area contributed by atoms with Gasteiger partial charge in [0.1, 0.15) is 17.8 Å². The molecule has 2 aromatic rings. The highest BCUT2D eigenvalue weighted by Gasteiger charge is 2.21. The lowest BCUT2D eigenvalue weighted by molar-refractivity contribution is 0.0658. The minimum Gasteiger partial charge on any atom is -0.339 e. The summed E-state index contributed by atoms with van der Waals surface area (Å²) in [4.78, 5) is 24.8. The summed E-state index contributed by atoms with van der Waals surface area (Å²) >= 11 is 12.0. The van der Waals surface area contributed by atoms with Gasteiger partial charge in [0.05, 0.1) is 10.7 Å². The van der Waals surface area contributed by atoms with Crippen LogP contribution in [0.3, 0.4) is 0 Å². The second kappa shape index (κ2) is 7.34. The highest BCUT2D eigenvalue weighted by molar-refractivity contribution is 6.36. The van der Waals surface area contributed by atoms with E-state index in [-0.39, 0.29) is 5.91 Å². The number of carbonyl (C=O) groups excluding carboxylic acids is 1. The fourth-order valence-electron chi connectivity index (χ4n) is 2.44. The van der Waals surface area contributed by atoms with Crippen LogP contribution in [-0.4, -0.2) is 58.9 Å². The van der Waals surface area contributed by atoms with Gasteiger partial charge in [-0.2, -0.15) is 0 Å². The van der Waals surface area contributed by atoms with Crippen molar-refractivity contribution in [2.24, 2.45) is 0 Å². The number of hydrogen-bond acceptors (Lipinski definition) is 5. The third-order valence-corrected chi connectivity index (χ3v) is 4.42. The lowest BCUT2D eigenvalue weighted by Gasteiger charge is -2.32. The van der Waals surface area contributed by atoms with E-state index < -0.39 is 0 Å². The number of nitrogens with zero attached hydrogens (tertiary/aromatic N) is 4. The third-order valence-electron chi connectivity index (χ3n) is 3.87. The topological polar surface area (TPSA) is 61.4 Å². The second-order valence-corrected chi connectivity index (χ2v) is 6.48. The van der Waals surface area contributed by atoms with Gasteiger partial charge in [-0.05, 0) is 25.2 Å². The first-order valence-corrected chi connectivity index (χ1v) is 8.30. The maximum Gasteiger partial charge on any atom is 0.272 e. The van der Waals surface area contributed by atoms with Crippen LogP contribution in [0.1, 0.15) is 10.5 Å². The summed E-state index contributed by atoms with van der Waals surface area (Å²) in [6.45, 7) is 3.13. The molecule has 2 heterocycles. The molecular formula is C16H17Cl2N5O. The molecule has 1 aromatic heterocycles. The molecule has 8 heteroatoms. The Morgan fingerprint density at radius 3 is 2.58 bits per heavy atom. The van der Waals surface area contributed by atoms with Gasteiger partial charge in [0.25, 0.3) is 5.91 Å². The van der Waals surface area contributed by atoms with Crippen LogP contribution in [0.15, 0.2) is 30.6 Å². The van der Waals surface area contributed by atoms with Gasteiger partial charge in [-0.25, -0.2) is 9.97 Å². The van der Waals surface area contributed by atoms with Crippen molar-refractivity contribution >= 4 is 40.6 Å². The minimum atomic E-state index is -0.0873. The Kier molecular flexibility index (Phi) is 5.18. The zero-order valence-electron chi connectivity index (χ0n) is 13.2. The van der Waals surface area contributed by atoms with Gasteiger partial charge in [-0.1, -0.05) is 23.2 Å². The maximum absolute atomic E-state index is 12.6. The first-order chi connectivity index (χ1) is 11.5. The van der Waals surface area contributed by atoms with Crippen molar-refractivity contribution in [1.82, 2.24) is 19.8 Å². The Morgan fingerprint density at radius 1 is 1.12 bits per heavy atom. The van der Waals surface area contributed by atoms with Crippen LogP contribution in [0.4, 0.5) is 11.5 Å². The number of likely N-dealkylation sites (N-methyl/N-ethyl adjacent to an activating group) is 1. The van der Waals surface area contributed by atoms with Gasteiger partial charge >= 0.3 is 0 Å². The van der Waals surface area contributed by atoms with E-state index in [0.29, 0.717) is 40.3 Å². The number of carbonyl (C=O) groups is 1. The number of hydrogen-bond donors (Lipinski definition) is 1. The fraction of sp³-hybridized carbons (Fsp3) is 0.312. The van der Waals surface area contributed by atoms with Gasteiger partial charge in [0.2, 0.25) is 0 Å². The molecule has 0 atom stereocenters. The number of nitrogens with one attached hydrogen (secondary N) is 1. The molecule has 1 aliphatic rings. The number of anilines is 2. The van der Waals surface area contributed by atoms with E-state index in [9.17, 15) is 4.79 Å². The number of benzene rings is 1. The molecule has 1 aromatic carbocycles. The molecule has 1 saturated heterocycles. The van der Waals surface area contributed by atoms with E-state index in [1.165, 1.54) is 6.33 Å². The summed E-state index contributed by atoms with van der Waals surface area (Å²) in [5.74, 6) is 0.419. The molecule has 0 aliphatic carbocycles. The van der Waals surface area contributed by atoms with E-state index in [1.807, 2.05) is 7.05 Å². The zero-order valence-corrected chi connectivity index (χ0v) is 14.7. The van der Waals surface area contributed by atoms with Gasteiger partial charge < -0.3 is 15.1 Å². The first-order valence-electron chi connectivity index (χ1n) is 7.55. The van der Waals surface area contributed by atoms with Crippen LogP contribution in [0, 0.1) is 0 Å². The SMILES string of the molecule is CN1CCN(C(=O)c2cc(Nc3ccc(Cl)cc3Cl)ncn2)CC1. The molecule has 0 unspecified atom stereocenters. The Labute approximate surface area is 150 Å². The average Bonchev–Trinajstić information content (AvgIpc) is 2.58. The second-order valence-electron chi connectivity index (χ2n) is 5.63. The summed E-state index contributed by atoms with van der Waals surface area (Å²) in [6, 6.07) is 6.76. The Balaban J connectivity index is 1.75. The summed E-state index contributed by atoms with van der Waals surface area (Å²) in [5, 5.41) is 4.12. The molecule has 0 spiro atoms. The lowest BCUT2D eigenvalue weighted by Crippen LogP contribution is -2.47. The molecule has 0 saturated carbocycles. The van der Waals surface area contributed by atoms with E-state index in [4.69, 9.17) is 23.2 Å². The minimum absolute atomic E-state index is 0.0873. The summed E-state index contributed by atoms with van der Waals surface area (Å²) in [7, 11) is 2.05. The highest BCUT2D eigenvalue weighted by Crippen LogP contribution is 2.27. The summed E-state index contributed by atoms with van der Waals surface area (Å²) in [6.07, 6.45) is 1.37. The highest BCUT2D eigenvalue weighted by atomic mass is 35.5. The van der Waals surface area contributed by atoms with E-state index in [2.05, 4.69) is 20.2 Å². The number of amides is 1. The zero-order chi connectivity index (χ0) is 17.1. The van der Waals surface area contributed by atoms with Crippen LogP contribution in [-0.2, 0) is 0 Å². The van der Waals surface area contributed by atoms with Crippen LogP contribution in [0.2, 0.25) is 10.0 Å². The monoisotopic (exact) mass is 365 g/mol. The number of rotatable bonds is 3. The van der Waals surface area contributed by atoms with Crippen LogP contribution >= 0.6 is 23.2 Å². The molecule has 0 radical (unpaired) electrons. The Hall–Kier alpha value is -1.89. The Morgan fingerprint density at radius 2 is 1.88 bits per heavy atom. The van der Waals surface area contributed by atoms with Crippen LogP contribution in [0.5, 0.6) is 0 Å².